The highest BCUT2D eigenvalue weighted by Gasteiger charge is 2.59. The van der Waals surface area contributed by atoms with Crippen LogP contribution in [0.1, 0.15) is 38.3 Å². The molecule has 2 aliphatic rings. The highest BCUT2D eigenvalue weighted by molar-refractivity contribution is 14.0. The van der Waals surface area contributed by atoms with E-state index in [1.807, 2.05) is 0 Å². The molecule has 1 aliphatic heterocycles. The molecule has 3 atom stereocenters. The number of aryl methyl sites for hydroxylation is 1. The molecule has 1 heterocycles. The van der Waals surface area contributed by atoms with Gasteiger partial charge in [-0.2, -0.15) is 0 Å². The van der Waals surface area contributed by atoms with Gasteiger partial charge in [0.15, 0.2) is 5.96 Å². The average Bonchev–Trinajstić information content (AvgIpc) is 3.08. The third-order valence-electron chi connectivity index (χ3n) is 5.88. The van der Waals surface area contributed by atoms with Crippen molar-refractivity contribution >= 4 is 29.9 Å². The van der Waals surface area contributed by atoms with Crippen LogP contribution < -0.4 is 15.4 Å². The average molecular weight is 487 g/mol. The van der Waals surface area contributed by atoms with Crippen molar-refractivity contribution in [3.05, 3.63) is 29.3 Å². The number of hydrogen-bond donors (Lipinski definition) is 2. The maximum absolute atomic E-state index is 5.90. The van der Waals surface area contributed by atoms with Crippen LogP contribution in [0.25, 0.3) is 0 Å². The Bertz CT molecular complexity index is 663. The van der Waals surface area contributed by atoms with E-state index in [2.05, 4.69) is 56.5 Å². The molecule has 0 spiro atoms. The highest BCUT2D eigenvalue weighted by atomic mass is 127. The van der Waals surface area contributed by atoms with Crippen molar-refractivity contribution in [2.24, 2.45) is 16.3 Å². The van der Waals surface area contributed by atoms with Gasteiger partial charge in [0, 0.05) is 37.1 Å². The second kappa shape index (κ2) is 9.45. The van der Waals surface area contributed by atoms with Crippen molar-refractivity contribution < 1.29 is 9.47 Å². The molecule has 1 aromatic carbocycles. The summed E-state index contributed by atoms with van der Waals surface area (Å²) in [7, 11) is 1.72. The summed E-state index contributed by atoms with van der Waals surface area (Å²) in [4.78, 5) is 4.80. The number of hydrogen-bond acceptors (Lipinski definition) is 3. The molecule has 1 saturated heterocycles. The minimum atomic E-state index is 0. The van der Waals surface area contributed by atoms with Gasteiger partial charge in [0.25, 0.3) is 0 Å². The second-order valence-electron chi connectivity index (χ2n) is 8.00. The lowest BCUT2D eigenvalue weighted by Gasteiger charge is -2.54. The van der Waals surface area contributed by atoms with Gasteiger partial charge in [0.1, 0.15) is 5.75 Å². The summed E-state index contributed by atoms with van der Waals surface area (Å²) in [5.41, 5.74) is 2.57. The van der Waals surface area contributed by atoms with Gasteiger partial charge in [-0.25, -0.2) is 0 Å². The summed E-state index contributed by atoms with van der Waals surface area (Å²) in [6.45, 7) is 11.3. The fraction of sp³-hybridized carbons (Fsp3) is 0.667. The van der Waals surface area contributed by atoms with E-state index >= 15 is 0 Å². The van der Waals surface area contributed by atoms with Crippen molar-refractivity contribution in [1.29, 1.82) is 0 Å². The van der Waals surface area contributed by atoms with Crippen LogP contribution >= 0.6 is 24.0 Å². The van der Waals surface area contributed by atoms with Gasteiger partial charge in [-0.3, -0.25) is 4.99 Å². The highest BCUT2D eigenvalue weighted by Crippen LogP contribution is 2.52. The summed E-state index contributed by atoms with van der Waals surface area (Å²) >= 11 is 0. The number of ether oxygens (including phenoxy) is 2. The standard InChI is InChI=1S/C21H33N3O2.HI/c1-6-22-20(24-18-16-10-12-26-19(16)21(18,3)4)23-11-9-15-8-7-14(2)17(13-15)25-5;/h7-8,13,16,18-19H,6,9-12H2,1-5H3,(H2,22,23,24);1H. The summed E-state index contributed by atoms with van der Waals surface area (Å²) in [6.07, 6.45) is 2.44. The first kappa shape index (κ1) is 22.3. The minimum absolute atomic E-state index is 0. The van der Waals surface area contributed by atoms with Crippen LogP contribution in [0.4, 0.5) is 0 Å². The summed E-state index contributed by atoms with van der Waals surface area (Å²) < 4.78 is 11.3. The molecule has 6 heteroatoms. The van der Waals surface area contributed by atoms with Gasteiger partial charge in [-0.1, -0.05) is 26.0 Å². The summed E-state index contributed by atoms with van der Waals surface area (Å²) in [5.74, 6) is 2.46. The Labute approximate surface area is 180 Å². The molecule has 0 aromatic heterocycles. The van der Waals surface area contributed by atoms with E-state index in [1.54, 1.807) is 7.11 Å². The summed E-state index contributed by atoms with van der Waals surface area (Å²) in [5, 5.41) is 7.06. The number of halogens is 1. The van der Waals surface area contributed by atoms with E-state index in [9.17, 15) is 0 Å². The molecular weight excluding hydrogens is 453 g/mol. The van der Waals surface area contributed by atoms with Gasteiger partial charge >= 0.3 is 0 Å². The molecule has 3 rings (SSSR count). The van der Waals surface area contributed by atoms with Crippen molar-refractivity contribution in [3.8, 4) is 5.75 Å². The Morgan fingerprint density at radius 2 is 2.15 bits per heavy atom. The molecule has 2 fully saturated rings. The third kappa shape index (κ3) is 4.70. The Kier molecular flexibility index (Phi) is 7.80. The Balaban J connectivity index is 0.00000261. The number of aliphatic imine (C=N–C) groups is 1. The third-order valence-corrected chi connectivity index (χ3v) is 5.88. The van der Waals surface area contributed by atoms with Crippen LogP contribution in [0.2, 0.25) is 0 Å². The molecule has 1 aromatic rings. The predicted octanol–water partition coefficient (Wildman–Crippen LogP) is 3.53. The molecule has 0 radical (unpaired) electrons. The monoisotopic (exact) mass is 487 g/mol. The number of nitrogens with zero attached hydrogens (tertiary/aromatic N) is 1. The zero-order valence-electron chi connectivity index (χ0n) is 17.2. The van der Waals surface area contributed by atoms with Gasteiger partial charge in [-0.15, -0.1) is 24.0 Å². The van der Waals surface area contributed by atoms with Gasteiger partial charge < -0.3 is 20.1 Å². The fourth-order valence-corrected chi connectivity index (χ4v) is 4.40. The van der Waals surface area contributed by atoms with Crippen LogP contribution in [0.5, 0.6) is 5.75 Å². The Morgan fingerprint density at radius 3 is 2.85 bits per heavy atom. The van der Waals surface area contributed by atoms with E-state index in [0.29, 0.717) is 18.1 Å². The van der Waals surface area contributed by atoms with Gasteiger partial charge in [0.05, 0.1) is 13.2 Å². The van der Waals surface area contributed by atoms with Gasteiger partial charge in [-0.05, 0) is 43.9 Å². The SMILES string of the molecule is CCNC(=NCCc1ccc(C)c(OC)c1)NC1C2CCOC2C1(C)C.I. The predicted molar refractivity (Wildman–Crippen MR) is 121 cm³/mol. The smallest absolute Gasteiger partial charge is 0.191 e. The van der Waals surface area contributed by atoms with E-state index in [1.165, 1.54) is 5.56 Å². The van der Waals surface area contributed by atoms with E-state index in [4.69, 9.17) is 14.5 Å². The molecule has 5 nitrogen and oxygen atoms in total. The number of fused-ring (bicyclic) bond motifs is 1. The maximum Gasteiger partial charge on any atom is 0.191 e. The fourth-order valence-electron chi connectivity index (χ4n) is 4.40. The molecule has 0 amide bonds. The zero-order valence-corrected chi connectivity index (χ0v) is 19.5. The van der Waals surface area contributed by atoms with Crippen LogP contribution in [0.3, 0.4) is 0 Å². The summed E-state index contributed by atoms with van der Waals surface area (Å²) in [6, 6.07) is 6.80. The first-order valence-electron chi connectivity index (χ1n) is 9.77. The number of guanidine groups is 1. The first-order valence-corrected chi connectivity index (χ1v) is 9.77. The first-order chi connectivity index (χ1) is 12.5. The lowest BCUT2D eigenvalue weighted by atomic mass is 9.57. The molecule has 152 valence electrons. The van der Waals surface area contributed by atoms with Crippen molar-refractivity contribution in [3.63, 3.8) is 0 Å². The molecule has 0 bridgehead atoms. The Morgan fingerprint density at radius 1 is 1.37 bits per heavy atom. The molecule has 2 N–H and O–H groups in total. The van der Waals surface area contributed by atoms with Crippen LogP contribution in [0.15, 0.2) is 23.2 Å². The quantitative estimate of drug-likeness (QED) is 0.366. The van der Waals surface area contributed by atoms with E-state index in [-0.39, 0.29) is 29.4 Å². The van der Waals surface area contributed by atoms with Crippen molar-refractivity contribution in [1.82, 2.24) is 10.6 Å². The lowest BCUT2D eigenvalue weighted by Crippen LogP contribution is -2.68. The van der Waals surface area contributed by atoms with E-state index in [0.717, 1.165) is 49.8 Å². The van der Waals surface area contributed by atoms with Crippen molar-refractivity contribution in [2.75, 3.05) is 26.8 Å². The van der Waals surface area contributed by atoms with Crippen molar-refractivity contribution in [2.45, 2.75) is 52.7 Å². The second-order valence-corrected chi connectivity index (χ2v) is 8.00. The number of nitrogens with one attached hydrogen (secondary N) is 2. The molecular formula is C21H34IN3O2. The van der Waals surface area contributed by atoms with Crippen LogP contribution in [-0.2, 0) is 11.2 Å². The largest absolute Gasteiger partial charge is 0.496 e. The van der Waals surface area contributed by atoms with Crippen LogP contribution in [-0.4, -0.2) is 44.9 Å². The lowest BCUT2D eigenvalue weighted by molar-refractivity contribution is -0.106. The number of methoxy groups -OCH3 is 1. The van der Waals surface area contributed by atoms with Gasteiger partial charge in [0.2, 0.25) is 0 Å². The van der Waals surface area contributed by atoms with Crippen LogP contribution in [0, 0.1) is 18.3 Å². The normalized spacial score (nSPS) is 25.8. The molecule has 1 saturated carbocycles. The van der Waals surface area contributed by atoms with E-state index < -0.39 is 0 Å². The number of rotatable bonds is 6. The maximum atomic E-state index is 5.90. The molecule has 3 unspecified atom stereocenters. The molecule has 27 heavy (non-hydrogen) atoms. The Hall–Kier alpha value is -1.02. The zero-order chi connectivity index (χ0) is 18.7. The minimum Gasteiger partial charge on any atom is -0.496 e. The number of benzene rings is 1. The molecule has 1 aliphatic carbocycles. The topological polar surface area (TPSA) is 54.9 Å².